The van der Waals surface area contributed by atoms with Crippen molar-refractivity contribution in [1.82, 2.24) is 34.6 Å². The number of ether oxygens (including phenoxy) is 1. The fourth-order valence-corrected chi connectivity index (χ4v) is 7.34. The monoisotopic (exact) mass is 806 g/mol. The van der Waals surface area contributed by atoms with E-state index in [-0.39, 0.29) is 41.7 Å². The van der Waals surface area contributed by atoms with Crippen LogP contribution < -0.4 is 16.2 Å². The highest BCUT2D eigenvalue weighted by Crippen LogP contribution is 2.27. The van der Waals surface area contributed by atoms with Gasteiger partial charge in [0.15, 0.2) is 0 Å². The number of carbonyl (C=O) groups is 4. The number of fused-ring (bicyclic) bond motifs is 1. The van der Waals surface area contributed by atoms with E-state index in [4.69, 9.17) is 4.74 Å². The number of benzene rings is 2. The number of amides is 4. The number of likely N-dealkylation sites (tertiary alicyclic amines) is 1. The molecule has 2 fully saturated rings. The number of pyridine rings is 1. The molecule has 59 heavy (non-hydrogen) atoms. The zero-order valence-corrected chi connectivity index (χ0v) is 33.8. The third-order valence-corrected chi connectivity index (χ3v) is 10.9. The zero-order chi connectivity index (χ0) is 41.8. The van der Waals surface area contributed by atoms with E-state index >= 15 is 0 Å². The van der Waals surface area contributed by atoms with Crippen LogP contribution >= 0.6 is 0 Å². The third-order valence-electron chi connectivity index (χ3n) is 10.9. The molecule has 4 amide bonds. The standard InChI is InChI=1S/C44H54N8O7/c1-49(2)40(54)15-13-35-11-10-34(29-46-35)41(55)45-19-6-9-33(27-32-7-4-3-5-8-32)42(56)51-21-17-44(58,18-22-51)30-52-31-47-38-28-36(12-14-37(38)43(52)57)48-39(53)16-20-50-23-25-59-26-24-50/h3-5,7-8,10-15,28-29,31,33,58H,6,9,16-27,30H2,1-2H3,(H,45,55)(H,48,53)/b15-13+/t33-/m0/s1. The zero-order valence-electron chi connectivity index (χ0n) is 33.8. The van der Waals surface area contributed by atoms with Crippen LogP contribution in [0, 0.1) is 5.92 Å². The van der Waals surface area contributed by atoms with E-state index in [1.807, 2.05) is 30.3 Å². The molecule has 1 atom stereocenters. The van der Waals surface area contributed by atoms with Gasteiger partial charge in [0, 0.05) is 83.7 Å². The van der Waals surface area contributed by atoms with E-state index in [0.717, 1.165) is 18.7 Å². The summed E-state index contributed by atoms with van der Waals surface area (Å²) >= 11 is 0. The van der Waals surface area contributed by atoms with E-state index in [9.17, 15) is 29.1 Å². The summed E-state index contributed by atoms with van der Waals surface area (Å²) in [5, 5.41) is 17.8. The Kier molecular flexibility index (Phi) is 14.7. The Morgan fingerprint density at radius 2 is 1.75 bits per heavy atom. The molecular formula is C44H54N8O7. The second kappa shape index (κ2) is 20.3. The minimum absolute atomic E-state index is 0.00338. The van der Waals surface area contributed by atoms with Gasteiger partial charge in [-0.15, -0.1) is 0 Å². The summed E-state index contributed by atoms with van der Waals surface area (Å²) < 4.78 is 6.79. The Balaban J connectivity index is 1.00. The first-order valence-electron chi connectivity index (χ1n) is 20.2. The number of aliphatic hydroxyl groups is 1. The van der Waals surface area contributed by atoms with Gasteiger partial charge in [0.05, 0.1) is 53.8 Å². The van der Waals surface area contributed by atoms with E-state index in [2.05, 4.69) is 25.5 Å². The minimum atomic E-state index is -1.21. The summed E-state index contributed by atoms with van der Waals surface area (Å²) in [6.07, 6.45) is 8.51. The number of rotatable bonds is 16. The van der Waals surface area contributed by atoms with Crippen molar-refractivity contribution in [2.24, 2.45) is 5.92 Å². The molecule has 3 N–H and O–H groups in total. The Morgan fingerprint density at radius 3 is 2.46 bits per heavy atom. The maximum absolute atomic E-state index is 14.0. The molecular weight excluding hydrogens is 753 g/mol. The summed E-state index contributed by atoms with van der Waals surface area (Å²) in [5.74, 6) is -0.888. The van der Waals surface area contributed by atoms with E-state index < -0.39 is 5.60 Å². The van der Waals surface area contributed by atoms with Gasteiger partial charge in [-0.05, 0) is 74.1 Å². The molecule has 2 aromatic carbocycles. The van der Waals surface area contributed by atoms with Gasteiger partial charge in [-0.1, -0.05) is 30.3 Å². The van der Waals surface area contributed by atoms with Crippen molar-refractivity contribution in [3.05, 3.63) is 106 Å². The van der Waals surface area contributed by atoms with Gasteiger partial charge < -0.3 is 30.3 Å². The first-order valence-corrected chi connectivity index (χ1v) is 20.2. The second-order valence-electron chi connectivity index (χ2n) is 15.5. The van der Waals surface area contributed by atoms with Crippen molar-refractivity contribution >= 4 is 46.3 Å². The van der Waals surface area contributed by atoms with Crippen molar-refractivity contribution in [3.63, 3.8) is 0 Å². The molecule has 4 aromatic rings. The molecule has 4 heterocycles. The average molecular weight is 807 g/mol. The van der Waals surface area contributed by atoms with Crippen molar-refractivity contribution in [3.8, 4) is 0 Å². The Hall–Kier alpha value is -5.77. The van der Waals surface area contributed by atoms with Crippen LogP contribution in [-0.2, 0) is 32.1 Å². The molecule has 0 saturated carbocycles. The lowest BCUT2D eigenvalue weighted by molar-refractivity contribution is -0.140. The minimum Gasteiger partial charge on any atom is -0.388 e. The quantitative estimate of drug-likeness (QED) is 0.113. The van der Waals surface area contributed by atoms with Crippen molar-refractivity contribution < 1.29 is 29.0 Å². The number of likely N-dealkylation sites (N-methyl/N-ethyl adjacent to an activating group) is 1. The van der Waals surface area contributed by atoms with Gasteiger partial charge in [-0.2, -0.15) is 0 Å². The normalized spacial score (nSPS) is 16.2. The van der Waals surface area contributed by atoms with E-state index in [0.29, 0.717) is 106 Å². The number of hydrogen-bond donors (Lipinski definition) is 3. The molecule has 0 bridgehead atoms. The van der Waals surface area contributed by atoms with Gasteiger partial charge in [0.1, 0.15) is 0 Å². The molecule has 0 radical (unpaired) electrons. The van der Waals surface area contributed by atoms with Crippen LogP contribution in [0.2, 0.25) is 0 Å². The molecule has 0 aliphatic carbocycles. The first-order chi connectivity index (χ1) is 28.5. The van der Waals surface area contributed by atoms with Gasteiger partial charge in [0.25, 0.3) is 11.5 Å². The number of piperidine rings is 1. The summed E-state index contributed by atoms with van der Waals surface area (Å²) in [7, 11) is 3.32. The summed E-state index contributed by atoms with van der Waals surface area (Å²) in [4.78, 5) is 79.0. The van der Waals surface area contributed by atoms with Crippen molar-refractivity contribution in [2.45, 2.75) is 50.7 Å². The highest BCUT2D eigenvalue weighted by atomic mass is 16.5. The van der Waals surface area contributed by atoms with Crippen LogP contribution in [0.3, 0.4) is 0 Å². The molecule has 15 heteroatoms. The van der Waals surface area contributed by atoms with Crippen molar-refractivity contribution in [2.75, 3.05) is 71.9 Å². The molecule has 0 spiro atoms. The maximum atomic E-state index is 14.0. The van der Waals surface area contributed by atoms with Crippen LogP contribution in [0.25, 0.3) is 17.0 Å². The number of carbonyl (C=O) groups excluding carboxylic acids is 4. The SMILES string of the molecule is CN(C)C(=O)/C=C/c1ccc(C(=O)NCCC[C@@H](Cc2ccccc2)C(=O)N2CCC(O)(Cn3cnc4cc(NC(=O)CCN5CCOCC5)ccc4c3=O)CC2)cn1. The van der Waals surface area contributed by atoms with Crippen LogP contribution in [-0.4, -0.2) is 130 Å². The number of morpholine rings is 1. The van der Waals surface area contributed by atoms with Crippen LogP contribution in [0.4, 0.5) is 5.69 Å². The topological polar surface area (TPSA) is 179 Å². The largest absolute Gasteiger partial charge is 0.388 e. The summed E-state index contributed by atoms with van der Waals surface area (Å²) in [6.45, 7) is 4.69. The fraction of sp³-hybridized carbons (Fsp3) is 0.432. The molecule has 2 saturated heterocycles. The van der Waals surface area contributed by atoms with Crippen LogP contribution in [0.15, 0.2) is 84.1 Å². The number of hydrogen-bond acceptors (Lipinski definition) is 10. The summed E-state index contributed by atoms with van der Waals surface area (Å²) in [5.41, 5.74) is 1.50. The molecule has 2 aliphatic heterocycles. The first kappa shape index (κ1) is 42.8. The second-order valence-corrected chi connectivity index (χ2v) is 15.5. The molecule has 15 nitrogen and oxygen atoms in total. The smallest absolute Gasteiger partial charge is 0.261 e. The van der Waals surface area contributed by atoms with Gasteiger partial charge in [-0.25, -0.2) is 4.98 Å². The average Bonchev–Trinajstić information content (AvgIpc) is 3.25. The number of nitrogens with zero attached hydrogens (tertiary/aromatic N) is 6. The molecule has 0 unspecified atom stereocenters. The van der Waals surface area contributed by atoms with Gasteiger partial charge in [-0.3, -0.25) is 38.4 Å². The third kappa shape index (κ3) is 12.1. The fourth-order valence-electron chi connectivity index (χ4n) is 7.34. The molecule has 2 aliphatic rings. The van der Waals surface area contributed by atoms with E-state index in [1.165, 1.54) is 28.1 Å². The van der Waals surface area contributed by atoms with E-state index in [1.54, 1.807) is 55.4 Å². The summed E-state index contributed by atoms with van der Waals surface area (Å²) in [6, 6.07) is 18.2. The number of anilines is 1. The molecule has 2 aromatic heterocycles. The number of aromatic nitrogens is 3. The highest BCUT2D eigenvalue weighted by Gasteiger charge is 2.36. The van der Waals surface area contributed by atoms with Crippen LogP contribution in [0.5, 0.6) is 0 Å². The molecule has 312 valence electrons. The van der Waals surface area contributed by atoms with Crippen LogP contribution in [0.1, 0.15) is 53.7 Å². The predicted octanol–water partition coefficient (Wildman–Crippen LogP) is 2.98. The van der Waals surface area contributed by atoms with Gasteiger partial charge in [0.2, 0.25) is 17.7 Å². The Morgan fingerprint density at radius 1 is 0.983 bits per heavy atom. The Bertz CT molecular complexity index is 2160. The lowest BCUT2D eigenvalue weighted by Gasteiger charge is -2.39. The van der Waals surface area contributed by atoms with Gasteiger partial charge >= 0.3 is 0 Å². The molecule has 6 rings (SSSR count). The lowest BCUT2D eigenvalue weighted by Crippen LogP contribution is -2.51. The highest BCUT2D eigenvalue weighted by molar-refractivity contribution is 5.95. The Labute approximate surface area is 344 Å². The maximum Gasteiger partial charge on any atom is 0.261 e. The lowest BCUT2D eigenvalue weighted by atomic mass is 9.88. The number of nitrogens with one attached hydrogen (secondary N) is 2. The van der Waals surface area contributed by atoms with Crippen molar-refractivity contribution in [1.29, 1.82) is 0 Å². The predicted molar refractivity (Wildman–Crippen MR) is 224 cm³/mol.